The third kappa shape index (κ3) is 4.33. The molecule has 0 saturated heterocycles. The first-order chi connectivity index (χ1) is 14.7. The number of aryl methyl sites for hydroxylation is 2. The minimum atomic E-state index is 0.720. The molecule has 0 fully saturated rings. The van der Waals surface area contributed by atoms with E-state index < -0.39 is 0 Å². The molecule has 2 aromatic heterocycles. The summed E-state index contributed by atoms with van der Waals surface area (Å²) in [6.07, 6.45) is 11.4. The van der Waals surface area contributed by atoms with Crippen LogP contribution in [0, 0.1) is 5.92 Å². The van der Waals surface area contributed by atoms with Crippen molar-refractivity contribution in [2.45, 2.75) is 45.4 Å². The van der Waals surface area contributed by atoms with E-state index in [-0.39, 0.29) is 0 Å². The molecule has 0 amide bonds. The topological polar surface area (TPSA) is 50.0 Å². The fourth-order valence-corrected chi connectivity index (χ4v) is 4.43. The predicted octanol–water partition coefficient (Wildman–Crippen LogP) is 6.65. The lowest BCUT2D eigenvalue weighted by Crippen LogP contribution is -1.98. The number of aromatic nitrogens is 2. The number of methoxy groups -OCH3 is 2. The maximum Gasteiger partial charge on any atom is 0.128 e. The van der Waals surface area contributed by atoms with Gasteiger partial charge in [-0.3, -0.25) is 0 Å². The molecule has 1 unspecified atom stereocenters. The Kier molecular flexibility index (Phi) is 6.32. The molecule has 0 saturated carbocycles. The Labute approximate surface area is 178 Å². The summed E-state index contributed by atoms with van der Waals surface area (Å²) >= 11 is 0. The molecule has 158 valence electrons. The van der Waals surface area contributed by atoms with Crippen molar-refractivity contribution in [3.8, 4) is 11.5 Å². The number of aromatic amines is 2. The van der Waals surface area contributed by atoms with Crippen LogP contribution in [0.5, 0.6) is 11.5 Å². The fourth-order valence-electron chi connectivity index (χ4n) is 4.43. The molecule has 4 rings (SSSR count). The molecule has 4 aromatic rings. The van der Waals surface area contributed by atoms with Gasteiger partial charge in [0, 0.05) is 34.2 Å². The van der Waals surface area contributed by atoms with Gasteiger partial charge in [0.25, 0.3) is 0 Å². The molecule has 0 spiro atoms. The molecule has 0 aliphatic heterocycles. The Balaban J connectivity index is 1.26. The average molecular weight is 405 g/mol. The number of nitrogens with one attached hydrogen (secondary N) is 2. The lowest BCUT2D eigenvalue weighted by Gasteiger charge is -2.11. The molecule has 2 heterocycles. The van der Waals surface area contributed by atoms with Crippen LogP contribution >= 0.6 is 0 Å². The van der Waals surface area contributed by atoms with E-state index in [1.165, 1.54) is 53.1 Å². The quantitative estimate of drug-likeness (QED) is 0.291. The predicted molar refractivity (Wildman–Crippen MR) is 125 cm³/mol. The van der Waals surface area contributed by atoms with Crippen molar-refractivity contribution in [1.29, 1.82) is 0 Å². The van der Waals surface area contributed by atoms with Crippen LogP contribution in [0.2, 0.25) is 0 Å². The fraction of sp³-hybridized carbons (Fsp3) is 0.385. The Morgan fingerprint density at radius 3 is 2.50 bits per heavy atom. The highest BCUT2D eigenvalue weighted by molar-refractivity contribution is 5.89. The average Bonchev–Trinajstić information content (AvgIpc) is 3.38. The van der Waals surface area contributed by atoms with Crippen LogP contribution in [0.25, 0.3) is 21.8 Å². The smallest absolute Gasteiger partial charge is 0.128 e. The Hall–Kier alpha value is -2.88. The van der Waals surface area contributed by atoms with Crippen molar-refractivity contribution in [2.75, 3.05) is 14.2 Å². The van der Waals surface area contributed by atoms with Gasteiger partial charge >= 0.3 is 0 Å². The Morgan fingerprint density at radius 1 is 0.833 bits per heavy atom. The molecular weight excluding hydrogens is 372 g/mol. The molecule has 1 atom stereocenters. The third-order valence-electron chi connectivity index (χ3n) is 6.24. The second kappa shape index (κ2) is 9.29. The number of fused-ring (bicyclic) bond motifs is 2. The largest absolute Gasteiger partial charge is 0.497 e. The van der Waals surface area contributed by atoms with Crippen LogP contribution in [0.3, 0.4) is 0 Å². The van der Waals surface area contributed by atoms with Crippen LogP contribution in [-0.2, 0) is 12.8 Å². The lowest BCUT2D eigenvalue weighted by molar-refractivity contribution is 0.415. The van der Waals surface area contributed by atoms with Crippen molar-refractivity contribution in [3.63, 3.8) is 0 Å². The molecular formula is C26H32N2O2. The van der Waals surface area contributed by atoms with Crippen molar-refractivity contribution in [2.24, 2.45) is 5.92 Å². The van der Waals surface area contributed by atoms with Gasteiger partial charge in [0.05, 0.1) is 14.2 Å². The maximum absolute atomic E-state index is 5.55. The molecule has 0 aliphatic rings. The first kappa shape index (κ1) is 20.4. The monoisotopic (exact) mass is 404 g/mol. The zero-order valence-electron chi connectivity index (χ0n) is 18.3. The summed E-state index contributed by atoms with van der Waals surface area (Å²) in [5.41, 5.74) is 5.10. The normalized spacial score (nSPS) is 12.5. The number of benzene rings is 2. The van der Waals surface area contributed by atoms with E-state index >= 15 is 0 Å². The molecule has 0 aliphatic carbocycles. The van der Waals surface area contributed by atoms with E-state index in [2.05, 4.69) is 47.5 Å². The molecule has 2 N–H and O–H groups in total. The van der Waals surface area contributed by atoms with Crippen LogP contribution in [0.1, 0.15) is 43.7 Å². The molecule has 4 heteroatoms. The van der Waals surface area contributed by atoms with E-state index in [1.54, 1.807) is 14.2 Å². The standard InChI is InChI=1S/C26H32N2O2/c1-18(11-12-19-16-27-23-14-13-21(29-2)15-22(19)23)7-4-5-8-20-17-28-24-9-6-10-25(30-3)26(20)24/h6,9-10,13-18,27-28H,4-5,7-8,11-12H2,1-3H3. The number of rotatable bonds is 10. The first-order valence-electron chi connectivity index (χ1n) is 11.0. The summed E-state index contributed by atoms with van der Waals surface area (Å²) in [5, 5.41) is 2.53. The number of unbranched alkanes of at least 4 members (excludes halogenated alkanes) is 1. The summed E-state index contributed by atoms with van der Waals surface area (Å²) in [4.78, 5) is 6.77. The lowest BCUT2D eigenvalue weighted by atomic mass is 9.95. The van der Waals surface area contributed by atoms with E-state index in [9.17, 15) is 0 Å². The summed E-state index contributed by atoms with van der Waals surface area (Å²) in [6, 6.07) is 12.4. The molecule has 0 bridgehead atoms. The SMILES string of the molecule is COc1ccc2[nH]cc(CCC(C)CCCCc3c[nH]c4cccc(OC)c34)c2c1. The molecule has 2 aromatic carbocycles. The van der Waals surface area contributed by atoms with Gasteiger partial charge in [0.1, 0.15) is 11.5 Å². The van der Waals surface area contributed by atoms with Crippen molar-refractivity contribution >= 4 is 21.8 Å². The highest BCUT2D eigenvalue weighted by atomic mass is 16.5. The minimum Gasteiger partial charge on any atom is -0.497 e. The van der Waals surface area contributed by atoms with Crippen molar-refractivity contribution in [1.82, 2.24) is 9.97 Å². The molecule has 4 nitrogen and oxygen atoms in total. The Morgan fingerprint density at radius 2 is 1.67 bits per heavy atom. The highest BCUT2D eigenvalue weighted by Gasteiger charge is 2.10. The highest BCUT2D eigenvalue weighted by Crippen LogP contribution is 2.30. The number of hydrogen-bond donors (Lipinski definition) is 2. The number of ether oxygens (including phenoxy) is 2. The zero-order valence-corrected chi connectivity index (χ0v) is 18.3. The van der Waals surface area contributed by atoms with Gasteiger partial charge in [-0.15, -0.1) is 0 Å². The summed E-state index contributed by atoms with van der Waals surface area (Å²) < 4.78 is 10.9. The van der Waals surface area contributed by atoms with Gasteiger partial charge in [-0.25, -0.2) is 0 Å². The van der Waals surface area contributed by atoms with Crippen LogP contribution in [0.4, 0.5) is 0 Å². The van der Waals surface area contributed by atoms with Crippen LogP contribution in [-0.4, -0.2) is 24.2 Å². The van der Waals surface area contributed by atoms with E-state index in [1.807, 2.05) is 18.2 Å². The zero-order chi connectivity index (χ0) is 20.9. The molecule has 30 heavy (non-hydrogen) atoms. The van der Waals surface area contributed by atoms with Crippen molar-refractivity contribution in [3.05, 3.63) is 59.9 Å². The minimum absolute atomic E-state index is 0.720. The Bertz CT molecular complexity index is 1110. The summed E-state index contributed by atoms with van der Waals surface area (Å²) in [6.45, 7) is 2.38. The van der Waals surface area contributed by atoms with Gasteiger partial charge in [0.2, 0.25) is 0 Å². The third-order valence-corrected chi connectivity index (χ3v) is 6.24. The van der Waals surface area contributed by atoms with Gasteiger partial charge in [0.15, 0.2) is 0 Å². The summed E-state index contributed by atoms with van der Waals surface area (Å²) in [5.74, 6) is 2.61. The van der Waals surface area contributed by atoms with E-state index in [0.717, 1.165) is 35.8 Å². The number of hydrogen-bond acceptors (Lipinski definition) is 2. The van der Waals surface area contributed by atoms with E-state index in [4.69, 9.17) is 9.47 Å². The van der Waals surface area contributed by atoms with Gasteiger partial charge in [-0.1, -0.05) is 25.8 Å². The van der Waals surface area contributed by atoms with Gasteiger partial charge in [-0.2, -0.15) is 0 Å². The van der Waals surface area contributed by atoms with Crippen LogP contribution in [0.15, 0.2) is 48.8 Å². The summed E-state index contributed by atoms with van der Waals surface area (Å²) in [7, 11) is 3.47. The number of H-pyrrole nitrogens is 2. The van der Waals surface area contributed by atoms with Crippen molar-refractivity contribution < 1.29 is 9.47 Å². The van der Waals surface area contributed by atoms with Crippen LogP contribution < -0.4 is 9.47 Å². The molecule has 0 radical (unpaired) electrons. The second-order valence-corrected chi connectivity index (χ2v) is 8.31. The maximum atomic E-state index is 5.55. The second-order valence-electron chi connectivity index (χ2n) is 8.31. The van der Waals surface area contributed by atoms with Gasteiger partial charge < -0.3 is 19.4 Å². The van der Waals surface area contributed by atoms with Gasteiger partial charge in [-0.05, 0) is 73.1 Å². The first-order valence-corrected chi connectivity index (χ1v) is 11.0. The van der Waals surface area contributed by atoms with E-state index in [0.29, 0.717) is 0 Å².